The molecule has 14 heavy (non-hydrogen) atoms. The molecule has 0 saturated heterocycles. The predicted octanol–water partition coefficient (Wildman–Crippen LogP) is 3.08. The van der Waals surface area contributed by atoms with E-state index in [2.05, 4.69) is 6.92 Å². The molecule has 1 atom stereocenters. The van der Waals surface area contributed by atoms with Crippen LogP contribution in [0.5, 0.6) is 0 Å². The van der Waals surface area contributed by atoms with Crippen molar-refractivity contribution in [3.63, 3.8) is 0 Å². The maximum Gasteiger partial charge on any atom is 0.333 e. The zero-order valence-electron chi connectivity index (χ0n) is 9.43. The first-order valence-electron chi connectivity index (χ1n) is 5.50. The number of hydrogen-bond acceptors (Lipinski definition) is 2. The molecule has 1 aliphatic carbocycles. The molecule has 1 saturated carbocycles. The first kappa shape index (κ1) is 11.3. The van der Waals surface area contributed by atoms with Gasteiger partial charge in [-0.2, -0.15) is 0 Å². The molecule has 0 spiro atoms. The summed E-state index contributed by atoms with van der Waals surface area (Å²) in [5, 5.41) is 0. The molecule has 2 nitrogen and oxygen atoms in total. The number of rotatable bonds is 2. The Bertz CT molecular complexity index is 241. The normalized spacial score (nSPS) is 25.8. The van der Waals surface area contributed by atoms with Gasteiger partial charge in [0.25, 0.3) is 0 Å². The zero-order chi connectivity index (χ0) is 10.6. The van der Waals surface area contributed by atoms with E-state index in [1.54, 1.807) is 0 Å². The van der Waals surface area contributed by atoms with Crippen LogP contribution in [-0.2, 0) is 9.53 Å². The average Bonchev–Trinajstić information content (AvgIpc) is 2.17. The van der Waals surface area contributed by atoms with E-state index in [1.165, 1.54) is 18.4 Å². The molecule has 0 aromatic rings. The minimum absolute atomic E-state index is 0.128. The van der Waals surface area contributed by atoms with Gasteiger partial charge in [0.15, 0.2) is 0 Å². The minimum Gasteiger partial charge on any atom is -0.463 e. The first-order chi connectivity index (χ1) is 6.65. The molecule has 0 N–H and O–H groups in total. The van der Waals surface area contributed by atoms with Crippen LogP contribution in [0, 0.1) is 5.92 Å². The molecule has 0 aromatic heterocycles. The molecule has 0 aliphatic heterocycles. The van der Waals surface area contributed by atoms with Crippen LogP contribution in [0.4, 0.5) is 0 Å². The summed E-state index contributed by atoms with van der Waals surface area (Å²) in [6.07, 6.45) is 4.66. The van der Waals surface area contributed by atoms with E-state index in [0.717, 1.165) is 24.3 Å². The molecule has 0 radical (unpaired) electrons. The highest BCUT2D eigenvalue weighted by Gasteiger charge is 2.18. The molecule has 1 unspecified atom stereocenters. The standard InChI is InChI=1S/C12H20O2/c1-4-14-12(13)10(3)11-7-5-6-9(2)8-11/h9H,4-8H2,1-3H3/b11-10+. The van der Waals surface area contributed by atoms with Gasteiger partial charge in [-0.3, -0.25) is 0 Å². The van der Waals surface area contributed by atoms with Gasteiger partial charge >= 0.3 is 5.97 Å². The third-order valence-electron chi connectivity index (χ3n) is 2.88. The van der Waals surface area contributed by atoms with Crippen LogP contribution >= 0.6 is 0 Å². The summed E-state index contributed by atoms with van der Waals surface area (Å²) in [4.78, 5) is 11.5. The molecule has 80 valence electrons. The molecule has 0 amide bonds. The fraction of sp³-hybridized carbons (Fsp3) is 0.750. The maximum atomic E-state index is 11.5. The van der Waals surface area contributed by atoms with Crippen molar-refractivity contribution in [3.8, 4) is 0 Å². The lowest BCUT2D eigenvalue weighted by atomic mass is 9.84. The van der Waals surface area contributed by atoms with E-state index in [9.17, 15) is 4.79 Å². The van der Waals surface area contributed by atoms with Gasteiger partial charge in [-0.05, 0) is 39.0 Å². The highest BCUT2D eigenvalue weighted by Crippen LogP contribution is 2.30. The third-order valence-corrected chi connectivity index (χ3v) is 2.88. The molecule has 1 rings (SSSR count). The highest BCUT2D eigenvalue weighted by atomic mass is 16.5. The second-order valence-corrected chi connectivity index (χ2v) is 4.15. The molecule has 2 heteroatoms. The quantitative estimate of drug-likeness (QED) is 0.501. The summed E-state index contributed by atoms with van der Waals surface area (Å²) < 4.78 is 5.00. The van der Waals surface area contributed by atoms with Gasteiger partial charge in [0.05, 0.1) is 6.61 Å². The summed E-state index contributed by atoms with van der Waals surface area (Å²) in [6, 6.07) is 0. The Morgan fingerprint density at radius 3 is 2.86 bits per heavy atom. The van der Waals surface area contributed by atoms with Crippen LogP contribution in [0.2, 0.25) is 0 Å². The van der Waals surface area contributed by atoms with Crippen molar-refractivity contribution in [2.24, 2.45) is 5.92 Å². The van der Waals surface area contributed by atoms with Gasteiger partial charge in [-0.15, -0.1) is 0 Å². The van der Waals surface area contributed by atoms with E-state index >= 15 is 0 Å². The van der Waals surface area contributed by atoms with Gasteiger partial charge in [-0.25, -0.2) is 4.79 Å². The second-order valence-electron chi connectivity index (χ2n) is 4.15. The minimum atomic E-state index is -0.128. The van der Waals surface area contributed by atoms with Crippen molar-refractivity contribution in [2.45, 2.75) is 46.5 Å². The highest BCUT2D eigenvalue weighted by molar-refractivity contribution is 5.88. The Morgan fingerprint density at radius 1 is 1.57 bits per heavy atom. The van der Waals surface area contributed by atoms with Crippen molar-refractivity contribution < 1.29 is 9.53 Å². The van der Waals surface area contributed by atoms with Gasteiger partial charge < -0.3 is 4.74 Å². The summed E-state index contributed by atoms with van der Waals surface area (Å²) in [7, 11) is 0. The lowest BCUT2D eigenvalue weighted by Crippen LogP contribution is -2.12. The number of carbonyl (C=O) groups excluding carboxylic acids is 1. The number of esters is 1. The second kappa shape index (κ2) is 5.18. The van der Waals surface area contributed by atoms with Crippen LogP contribution in [0.1, 0.15) is 46.5 Å². The van der Waals surface area contributed by atoms with E-state index in [-0.39, 0.29) is 5.97 Å². The fourth-order valence-electron chi connectivity index (χ4n) is 2.01. The molecular weight excluding hydrogens is 176 g/mol. The lowest BCUT2D eigenvalue weighted by Gasteiger charge is -2.22. The molecule has 1 aliphatic rings. The zero-order valence-corrected chi connectivity index (χ0v) is 9.43. The fourth-order valence-corrected chi connectivity index (χ4v) is 2.01. The van der Waals surface area contributed by atoms with Crippen LogP contribution in [0.25, 0.3) is 0 Å². The molecule has 0 aromatic carbocycles. The monoisotopic (exact) mass is 196 g/mol. The summed E-state index contributed by atoms with van der Waals surface area (Å²) >= 11 is 0. The predicted molar refractivity (Wildman–Crippen MR) is 57.0 cm³/mol. The van der Waals surface area contributed by atoms with E-state index in [0.29, 0.717) is 6.61 Å². The van der Waals surface area contributed by atoms with Crippen LogP contribution < -0.4 is 0 Å². The molecule has 1 fully saturated rings. The Labute approximate surface area is 86.3 Å². The number of hydrogen-bond donors (Lipinski definition) is 0. The van der Waals surface area contributed by atoms with Gasteiger partial charge in [0.2, 0.25) is 0 Å². The largest absolute Gasteiger partial charge is 0.463 e. The van der Waals surface area contributed by atoms with Crippen LogP contribution in [0.15, 0.2) is 11.1 Å². The van der Waals surface area contributed by atoms with Gasteiger partial charge in [-0.1, -0.05) is 18.9 Å². The van der Waals surface area contributed by atoms with Crippen molar-refractivity contribution in [3.05, 3.63) is 11.1 Å². The topological polar surface area (TPSA) is 26.3 Å². The van der Waals surface area contributed by atoms with Crippen molar-refractivity contribution in [2.75, 3.05) is 6.61 Å². The first-order valence-corrected chi connectivity index (χ1v) is 5.50. The van der Waals surface area contributed by atoms with E-state index in [1.807, 2.05) is 13.8 Å². The van der Waals surface area contributed by atoms with E-state index < -0.39 is 0 Å². The Kier molecular flexibility index (Phi) is 4.18. The third kappa shape index (κ3) is 2.86. The Morgan fingerprint density at radius 2 is 2.29 bits per heavy atom. The number of carbonyl (C=O) groups is 1. The average molecular weight is 196 g/mol. The number of allylic oxidation sites excluding steroid dienone is 1. The summed E-state index contributed by atoms with van der Waals surface area (Å²) in [5.41, 5.74) is 2.15. The smallest absolute Gasteiger partial charge is 0.333 e. The van der Waals surface area contributed by atoms with Gasteiger partial charge in [0, 0.05) is 5.57 Å². The summed E-state index contributed by atoms with van der Waals surface area (Å²) in [6.45, 7) is 6.46. The maximum absolute atomic E-state index is 11.5. The van der Waals surface area contributed by atoms with Crippen molar-refractivity contribution >= 4 is 5.97 Å². The lowest BCUT2D eigenvalue weighted by molar-refractivity contribution is -0.138. The molecule has 0 heterocycles. The Hall–Kier alpha value is -0.790. The SMILES string of the molecule is CCOC(=O)/C(C)=C1\CCCC(C)C1. The molecule has 0 bridgehead atoms. The molecular formula is C12H20O2. The van der Waals surface area contributed by atoms with Gasteiger partial charge in [0.1, 0.15) is 0 Å². The Balaban J connectivity index is 2.66. The van der Waals surface area contributed by atoms with Crippen molar-refractivity contribution in [1.82, 2.24) is 0 Å². The summed E-state index contributed by atoms with van der Waals surface area (Å²) in [5.74, 6) is 0.597. The van der Waals surface area contributed by atoms with Crippen molar-refractivity contribution in [1.29, 1.82) is 0 Å². The van der Waals surface area contributed by atoms with Crippen LogP contribution in [-0.4, -0.2) is 12.6 Å². The van der Waals surface area contributed by atoms with Crippen LogP contribution in [0.3, 0.4) is 0 Å². The van der Waals surface area contributed by atoms with E-state index in [4.69, 9.17) is 4.74 Å². The number of ether oxygens (including phenoxy) is 1.